The molecule has 0 saturated heterocycles. The summed E-state index contributed by atoms with van der Waals surface area (Å²) in [5.74, 6) is 2.31. The Morgan fingerprint density at radius 2 is 1.18 bits per heavy atom. The molecule has 0 spiro atoms. The van der Waals surface area contributed by atoms with Gasteiger partial charge in [0, 0.05) is 17.1 Å². The number of benzene rings is 2. The average molecular weight is 282 g/mol. The molecule has 0 radical (unpaired) electrons. The average Bonchev–Trinajstić information content (AvgIpc) is 2.38. The van der Waals surface area contributed by atoms with Crippen molar-refractivity contribution < 1.29 is 17.1 Å². The molecule has 0 aromatic heterocycles. The molecule has 2 heteroatoms. The third-order valence-electron chi connectivity index (χ3n) is 2.37. The second-order valence-corrected chi connectivity index (χ2v) is 5.59. The van der Waals surface area contributed by atoms with Gasteiger partial charge in [-0.05, 0) is 25.5 Å². The van der Waals surface area contributed by atoms with Crippen LogP contribution in [0.1, 0.15) is 6.92 Å². The van der Waals surface area contributed by atoms with Crippen molar-refractivity contribution in [3.05, 3.63) is 72.6 Å². The topological polar surface area (TPSA) is 0 Å². The van der Waals surface area contributed by atoms with Crippen LogP contribution < -0.4 is 10.6 Å². The van der Waals surface area contributed by atoms with E-state index in [0.29, 0.717) is 0 Å². The SMILES string of the molecule is CC=CP(c1ccccc1)c1ccccc1.[Fe]. The zero-order valence-corrected chi connectivity index (χ0v) is 11.7. The van der Waals surface area contributed by atoms with Crippen molar-refractivity contribution in [2.75, 3.05) is 0 Å². The van der Waals surface area contributed by atoms with Gasteiger partial charge in [0.15, 0.2) is 0 Å². The van der Waals surface area contributed by atoms with E-state index in [2.05, 4.69) is 79.5 Å². The molecule has 0 atom stereocenters. The van der Waals surface area contributed by atoms with Gasteiger partial charge in [-0.3, -0.25) is 0 Å². The predicted molar refractivity (Wildman–Crippen MR) is 73.9 cm³/mol. The van der Waals surface area contributed by atoms with Crippen LogP contribution in [-0.4, -0.2) is 0 Å². The van der Waals surface area contributed by atoms with E-state index in [9.17, 15) is 0 Å². The Morgan fingerprint density at radius 1 is 0.765 bits per heavy atom. The maximum absolute atomic E-state index is 2.31. The van der Waals surface area contributed by atoms with Crippen molar-refractivity contribution in [2.45, 2.75) is 6.92 Å². The molecule has 0 bridgehead atoms. The van der Waals surface area contributed by atoms with Gasteiger partial charge in [-0.2, -0.15) is 0 Å². The van der Waals surface area contributed by atoms with Crippen molar-refractivity contribution >= 4 is 18.5 Å². The molecule has 2 aromatic rings. The first-order valence-electron chi connectivity index (χ1n) is 5.44. The molecule has 0 aliphatic rings. The molecular weight excluding hydrogens is 267 g/mol. The minimum atomic E-state index is -0.332. The number of allylic oxidation sites excluding steroid dienone is 1. The summed E-state index contributed by atoms with van der Waals surface area (Å²) < 4.78 is 0. The second-order valence-electron chi connectivity index (χ2n) is 3.52. The van der Waals surface area contributed by atoms with Gasteiger partial charge in [-0.15, -0.1) is 0 Å². The van der Waals surface area contributed by atoms with E-state index in [-0.39, 0.29) is 25.0 Å². The Labute approximate surface area is 115 Å². The van der Waals surface area contributed by atoms with Gasteiger partial charge < -0.3 is 0 Å². The summed E-state index contributed by atoms with van der Waals surface area (Å²) in [5, 5.41) is 2.81. The number of rotatable bonds is 3. The van der Waals surface area contributed by atoms with E-state index in [1.807, 2.05) is 0 Å². The fourth-order valence-corrected chi connectivity index (χ4v) is 3.57. The Balaban J connectivity index is 0.00000144. The fraction of sp³-hybridized carbons (Fsp3) is 0.0667. The summed E-state index contributed by atoms with van der Waals surface area (Å²) in [4.78, 5) is 0. The summed E-state index contributed by atoms with van der Waals surface area (Å²) in [6.45, 7) is 2.08. The molecule has 0 amide bonds. The molecule has 17 heavy (non-hydrogen) atoms. The van der Waals surface area contributed by atoms with Gasteiger partial charge in [0.1, 0.15) is 0 Å². The monoisotopic (exact) mass is 282 g/mol. The molecule has 0 aliphatic heterocycles. The third-order valence-corrected chi connectivity index (χ3v) is 4.67. The Bertz CT molecular complexity index is 411. The van der Waals surface area contributed by atoms with E-state index >= 15 is 0 Å². The van der Waals surface area contributed by atoms with Crippen LogP contribution in [0.25, 0.3) is 0 Å². The molecule has 88 valence electrons. The first kappa shape index (κ1) is 14.2. The Morgan fingerprint density at radius 3 is 1.53 bits per heavy atom. The van der Waals surface area contributed by atoms with Crippen molar-refractivity contribution in [3.63, 3.8) is 0 Å². The maximum Gasteiger partial charge on any atom is 0 e. The molecule has 0 nitrogen and oxygen atoms in total. The molecular formula is C15H15FeP. The van der Waals surface area contributed by atoms with Crippen LogP contribution in [-0.2, 0) is 17.1 Å². The van der Waals surface area contributed by atoms with E-state index in [1.165, 1.54) is 10.6 Å². The first-order chi connectivity index (χ1) is 7.92. The number of hydrogen-bond donors (Lipinski definition) is 0. The smallest absolute Gasteiger partial charge is 0 e. The summed E-state index contributed by atoms with van der Waals surface area (Å²) in [5.41, 5.74) is 0. The molecule has 0 saturated carbocycles. The van der Waals surface area contributed by atoms with Gasteiger partial charge in [-0.1, -0.05) is 72.6 Å². The standard InChI is InChI=1S/C15H15P.Fe/c1-2-13-16(14-9-5-3-6-10-14)15-11-7-4-8-12-15;/h2-13H,1H3;. The largest absolute Gasteiger partial charge is 0.0866 e. The molecule has 0 aliphatic carbocycles. The van der Waals surface area contributed by atoms with Crippen molar-refractivity contribution in [1.29, 1.82) is 0 Å². The maximum atomic E-state index is 2.31. The van der Waals surface area contributed by atoms with E-state index in [4.69, 9.17) is 0 Å². The van der Waals surface area contributed by atoms with Crippen LogP contribution in [0.3, 0.4) is 0 Å². The van der Waals surface area contributed by atoms with Crippen molar-refractivity contribution in [3.8, 4) is 0 Å². The zero-order chi connectivity index (χ0) is 11.2. The van der Waals surface area contributed by atoms with Crippen LogP contribution in [0.5, 0.6) is 0 Å². The molecule has 0 fully saturated rings. The van der Waals surface area contributed by atoms with Gasteiger partial charge in [0.25, 0.3) is 0 Å². The summed E-state index contributed by atoms with van der Waals surface area (Å²) >= 11 is 0. The minimum Gasteiger partial charge on any atom is -0.0866 e. The van der Waals surface area contributed by atoms with E-state index in [1.54, 1.807) is 0 Å². The van der Waals surface area contributed by atoms with E-state index < -0.39 is 0 Å². The summed E-state index contributed by atoms with van der Waals surface area (Å²) in [6, 6.07) is 21.4. The summed E-state index contributed by atoms with van der Waals surface area (Å²) in [7, 11) is -0.332. The molecule has 0 heterocycles. The zero-order valence-electron chi connectivity index (χ0n) is 9.73. The second kappa shape index (κ2) is 7.45. The molecule has 0 N–H and O–H groups in total. The van der Waals surface area contributed by atoms with Gasteiger partial charge >= 0.3 is 0 Å². The summed E-state index contributed by atoms with van der Waals surface area (Å²) in [6.07, 6.45) is 2.14. The quantitative estimate of drug-likeness (QED) is 0.595. The van der Waals surface area contributed by atoms with Gasteiger partial charge in [0.2, 0.25) is 0 Å². The van der Waals surface area contributed by atoms with Crippen LogP contribution in [0, 0.1) is 0 Å². The van der Waals surface area contributed by atoms with Crippen molar-refractivity contribution in [1.82, 2.24) is 0 Å². The van der Waals surface area contributed by atoms with Gasteiger partial charge in [0.05, 0.1) is 0 Å². The molecule has 2 rings (SSSR count). The minimum absolute atomic E-state index is 0. The molecule has 0 unspecified atom stereocenters. The van der Waals surface area contributed by atoms with Crippen LogP contribution in [0.4, 0.5) is 0 Å². The Hall–Kier alpha value is -0.871. The van der Waals surface area contributed by atoms with Crippen LogP contribution in [0.2, 0.25) is 0 Å². The van der Waals surface area contributed by atoms with Crippen molar-refractivity contribution in [2.24, 2.45) is 0 Å². The predicted octanol–water partition coefficient (Wildman–Crippen LogP) is 3.65. The first-order valence-corrected chi connectivity index (χ1v) is 6.85. The van der Waals surface area contributed by atoms with Gasteiger partial charge in [-0.25, -0.2) is 0 Å². The fourth-order valence-electron chi connectivity index (χ4n) is 1.65. The van der Waals surface area contributed by atoms with Crippen LogP contribution in [0.15, 0.2) is 72.6 Å². The van der Waals surface area contributed by atoms with Crippen LogP contribution >= 0.6 is 7.92 Å². The third kappa shape index (κ3) is 3.82. The molecule has 2 aromatic carbocycles. The normalized spacial score (nSPS) is 10.5. The van der Waals surface area contributed by atoms with E-state index in [0.717, 1.165) is 0 Å². The number of hydrogen-bond acceptors (Lipinski definition) is 0. The Kier molecular flexibility index (Phi) is 6.22.